The van der Waals surface area contributed by atoms with Crippen molar-refractivity contribution in [1.29, 1.82) is 0 Å². The Bertz CT molecular complexity index is 499. The van der Waals surface area contributed by atoms with Gasteiger partial charge < -0.3 is 14.5 Å². The van der Waals surface area contributed by atoms with E-state index < -0.39 is 0 Å². The maximum absolute atomic E-state index is 5.95. The molecule has 2 fully saturated rings. The lowest BCUT2D eigenvalue weighted by molar-refractivity contribution is 0.193. The molecule has 0 unspecified atom stereocenters. The minimum Gasteiger partial charge on any atom is -0.494 e. The first-order chi connectivity index (χ1) is 12.7. The summed E-state index contributed by atoms with van der Waals surface area (Å²) >= 11 is 0. The molecule has 1 aromatic rings. The standard InChI is InChI=1S/C23H38N2O/c1-24(2)22-11-7-20(8-12-22)19-21-9-13-23(14-10-21)26-18-6-17-25-15-4-3-5-16-25/h9-10,13-14,20,22H,3-8,11-12,15-19H2,1-2H3/t20-,22-. The van der Waals surface area contributed by atoms with E-state index in [1.165, 1.54) is 76.6 Å². The third-order valence-corrected chi connectivity index (χ3v) is 6.33. The van der Waals surface area contributed by atoms with Gasteiger partial charge in [0.2, 0.25) is 0 Å². The Hall–Kier alpha value is -1.06. The maximum atomic E-state index is 5.95. The molecule has 0 aromatic heterocycles. The van der Waals surface area contributed by atoms with Gasteiger partial charge in [0.15, 0.2) is 0 Å². The highest BCUT2D eigenvalue weighted by Gasteiger charge is 2.22. The normalized spacial score (nSPS) is 24.7. The fourth-order valence-electron chi connectivity index (χ4n) is 4.58. The highest BCUT2D eigenvalue weighted by atomic mass is 16.5. The van der Waals surface area contributed by atoms with Crippen LogP contribution in [0.1, 0.15) is 56.9 Å². The van der Waals surface area contributed by atoms with Gasteiger partial charge in [-0.15, -0.1) is 0 Å². The van der Waals surface area contributed by atoms with Crippen LogP contribution in [0.15, 0.2) is 24.3 Å². The smallest absolute Gasteiger partial charge is 0.119 e. The number of hydrogen-bond acceptors (Lipinski definition) is 3. The Balaban J connectivity index is 1.33. The monoisotopic (exact) mass is 358 g/mol. The zero-order chi connectivity index (χ0) is 18.2. The van der Waals surface area contributed by atoms with Crippen LogP contribution in [0.5, 0.6) is 5.75 Å². The fraction of sp³-hybridized carbons (Fsp3) is 0.739. The molecule has 0 atom stereocenters. The summed E-state index contributed by atoms with van der Waals surface area (Å²) in [5.41, 5.74) is 1.47. The molecular formula is C23H38N2O. The Morgan fingerprint density at radius 1 is 0.962 bits per heavy atom. The lowest BCUT2D eigenvalue weighted by Crippen LogP contribution is -2.32. The van der Waals surface area contributed by atoms with Gasteiger partial charge in [-0.25, -0.2) is 0 Å². The molecule has 3 nitrogen and oxygen atoms in total. The average molecular weight is 359 g/mol. The van der Waals surface area contributed by atoms with Crippen molar-refractivity contribution in [1.82, 2.24) is 9.80 Å². The summed E-state index contributed by atoms with van der Waals surface area (Å²) < 4.78 is 5.95. The van der Waals surface area contributed by atoms with Crippen molar-refractivity contribution in [2.45, 2.75) is 63.8 Å². The Morgan fingerprint density at radius 3 is 2.31 bits per heavy atom. The summed E-state index contributed by atoms with van der Waals surface area (Å²) in [5, 5.41) is 0. The largest absolute Gasteiger partial charge is 0.494 e. The number of ether oxygens (including phenoxy) is 1. The second-order valence-corrected chi connectivity index (χ2v) is 8.59. The van der Waals surface area contributed by atoms with Crippen molar-refractivity contribution in [3.05, 3.63) is 29.8 Å². The summed E-state index contributed by atoms with van der Waals surface area (Å²) in [6.45, 7) is 4.59. The zero-order valence-electron chi connectivity index (χ0n) is 17.0. The minimum atomic E-state index is 0.798. The molecule has 1 heterocycles. The van der Waals surface area contributed by atoms with E-state index in [4.69, 9.17) is 4.74 Å². The fourth-order valence-corrected chi connectivity index (χ4v) is 4.58. The topological polar surface area (TPSA) is 15.7 Å². The van der Waals surface area contributed by atoms with Gasteiger partial charge in [-0.3, -0.25) is 0 Å². The Labute approximate surface area is 160 Å². The number of nitrogens with zero attached hydrogens (tertiary/aromatic N) is 2. The molecule has 2 aliphatic rings. The molecule has 3 rings (SSSR count). The number of hydrogen-bond donors (Lipinski definition) is 0. The minimum absolute atomic E-state index is 0.798. The van der Waals surface area contributed by atoms with Crippen LogP contribution in [0.4, 0.5) is 0 Å². The lowest BCUT2D eigenvalue weighted by atomic mass is 9.82. The first-order valence-corrected chi connectivity index (χ1v) is 10.8. The highest BCUT2D eigenvalue weighted by molar-refractivity contribution is 5.27. The van der Waals surface area contributed by atoms with Gasteiger partial charge in [-0.05, 0) is 102 Å². The molecule has 0 amide bonds. The predicted octanol–water partition coefficient (Wildman–Crippen LogP) is 4.60. The third-order valence-electron chi connectivity index (χ3n) is 6.33. The summed E-state index contributed by atoms with van der Waals surface area (Å²) in [4.78, 5) is 4.98. The van der Waals surface area contributed by atoms with E-state index in [-0.39, 0.29) is 0 Å². The average Bonchev–Trinajstić information content (AvgIpc) is 2.68. The van der Waals surface area contributed by atoms with Crippen molar-refractivity contribution in [2.24, 2.45) is 5.92 Å². The molecule has 1 saturated carbocycles. The van der Waals surface area contributed by atoms with E-state index in [2.05, 4.69) is 48.2 Å². The van der Waals surface area contributed by atoms with Crippen LogP contribution in [-0.4, -0.2) is 56.2 Å². The van der Waals surface area contributed by atoms with E-state index in [0.29, 0.717) is 0 Å². The summed E-state index contributed by atoms with van der Waals surface area (Å²) in [7, 11) is 4.44. The number of piperidine rings is 1. The molecule has 0 N–H and O–H groups in total. The molecule has 1 aliphatic heterocycles. The zero-order valence-corrected chi connectivity index (χ0v) is 17.0. The molecule has 1 aromatic carbocycles. The lowest BCUT2D eigenvalue weighted by Gasteiger charge is -2.32. The first kappa shape index (κ1) is 19.7. The summed E-state index contributed by atoms with van der Waals surface area (Å²) in [6.07, 6.45) is 12.0. The van der Waals surface area contributed by atoms with E-state index in [1.54, 1.807) is 0 Å². The highest BCUT2D eigenvalue weighted by Crippen LogP contribution is 2.29. The first-order valence-electron chi connectivity index (χ1n) is 10.8. The Morgan fingerprint density at radius 2 is 1.65 bits per heavy atom. The summed E-state index contributed by atoms with van der Waals surface area (Å²) in [5.74, 6) is 1.89. The second kappa shape index (κ2) is 10.3. The molecule has 3 heteroatoms. The summed E-state index contributed by atoms with van der Waals surface area (Å²) in [6, 6.07) is 9.69. The third kappa shape index (κ3) is 6.28. The Kier molecular flexibility index (Phi) is 7.82. The van der Waals surface area contributed by atoms with Gasteiger partial charge in [0.1, 0.15) is 5.75 Å². The van der Waals surface area contributed by atoms with Crippen LogP contribution in [-0.2, 0) is 6.42 Å². The van der Waals surface area contributed by atoms with Crippen LogP contribution < -0.4 is 4.74 Å². The van der Waals surface area contributed by atoms with E-state index in [9.17, 15) is 0 Å². The van der Waals surface area contributed by atoms with Crippen molar-refractivity contribution < 1.29 is 4.74 Å². The molecule has 1 aliphatic carbocycles. The number of likely N-dealkylation sites (tertiary alicyclic amines) is 1. The van der Waals surface area contributed by atoms with Gasteiger partial charge in [0.25, 0.3) is 0 Å². The van der Waals surface area contributed by atoms with Gasteiger partial charge in [0.05, 0.1) is 6.61 Å². The van der Waals surface area contributed by atoms with Crippen molar-refractivity contribution >= 4 is 0 Å². The molecular weight excluding hydrogens is 320 g/mol. The predicted molar refractivity (Wildman–Crippen MR) is 110 cm³/mol. The van der Waals surface area contributed by atoms with Gasteiger partial charge in [-0.2, -0.15) is 0 Å². The van der Waals surface area contributed by atoms with Gasteiger partial charge in [-0.1, -0.05) is 18.6 Å². The van der Waals surface area contributed by atoms with Crippen LogP contribution >= 0.6 is 0 Å². The van der Waals surface area contributed by atoms with Crippen molar-refractivity contribution in [3.63, 3.8) is 0 Å². The van der Waals surface area contributed by atoms with Crippen LogP contribution in [0.3, 0.4) is 0 Å². The maximum Gasteiger partial charge on any atom is 0.119 e. The van der Waals surface area contributed by atoms with Crippen molar-refractivity contribution in [2.75, 3.05) is 40.3 Å². The number of rotatable bonds is 8. The van der Waals surface area contributed by atoms with Gasteiger partial charge >= 0.3 is 0 Å². The molecule has 146 valence electrons. The quantitative estimate of drug-likeness (QED) is 0.632. The van der Waals surface area contributed by atoms with Crippen LogP contribution in [0.2, 0.25) is 0 Å². The molecule has 0 bridgehead atoms. The van der Waals surface area contributed by atoms with E-state index in [0.717, 1.165) is 30.7 Å². The molecule has 26 heavy (non-hydrogen) atoms. The molecule has 0 radical (unpaired) electrons. The van der Waals surface area contributed by atoms with E-state index >= 15 is 0 Å². The van der Waals surface area contributed by atoms with Crippen LogP contribution in [0, 0.1) is 5.92 Å². The van der Waals surface area contributed by atoms with E-state index in [1.807, 2.05) is 0 Å². The van der Waals surface area contributed by atoms with Gasteiger partial charge in [0, 0.05) is 12.6 Å². The molecule has 0 spiro atoms. The van der Waals surface area contributed by atoms with Crippen LogP contribution in [0.25, 0.3) is 0 Å². The van der Waals surface area contributed by atoms with Crippen molar-refractivity contribution in [3.8, 4) is 5.75 Å². The SMILES string of the molecule is CN(C)[C@H]1CC[C@H](Cc2ccc(OCCCN3CCCCC3)cc2)CC1. The second-order valence-electron chi connectivity index (χ2n) is 8.59. The molecule has 1 saturated heterocycles. The number of benzene rings is 1.